The van der Waals surface area contributed by atoms with Gasteiger partial charge >= 0.3 is 0 Å². The number of hydrogen-bond acceptors (Lipinski definition) is 2. The van der Waals surface area contributed by atoms with E-state index < -0.39 is 0 Å². The Hall–Kier alpha value is -0.340. The second-order valence-corrected chi connectivity index (χ2v) is 4.55. The largest absolute Gasteiger partial charge is 0.378 e. The molecule has 0 amide bonds. The Kier molecular flexibility index (Phi) is 5.34. The molecule has 2 nitrogen and oxygen atoms in total. The van der Waals surface area contributed by atoms with Crippen molar-refractivity contribution >= 4 is 0 Å². The molecule has 1 heterocycles. The van der Waals surface area contributed by atoms with E-state index in [9.17, 15) is 0 Å². The van der Waals surface area contributed by atoms with Gasteiger partial charge in [-0.3, -0.25) is 0 Å². The zero-order valence-corrected chi connectivity index (χ0v) is 10.4. The first kappa shape index (κ1) is 12.7. The van der Waals surface area contributed by atoms with Crippen LogP contribution in [-0.2, 0) is 4.74 Å². The fourth-order valence-corrected chi connectivity index (χ4v) is 2.46. The van der Waals surface area contributed by atoms with Crippen molar-refractivity contribution in [3.63, 3.8) is 0 Å². The van der Waals surface area contributed by atoms with Gasteiger partial charge in [0.2, 0.25) is 0 Å². The van der Waals surface area contributed by atoms with Gasteiger partial charge in [0.05, 0.1) is 6.10 Å². The molecule has 15 heavy (non-hydrogen) atoms. The van der Waals surface area contributed by atoms with Crippen molar-refractivity contribution in [2.75, 3.05) is 13.2 Å². The summed E-state index contributed by atoms with van der Waals surface area (Å²) in [5.41, 5.74) is 1.25. The molecular formula is C13H25NO. The van der Waals surface area contributed by atoms with Gasteiger partial charge in [0.1, 0.15) is 0 Å². The van der Waals surface area contributed by atoms with E-state index in [1.54, 1.807) is 0 Å². The van der Waals surface area contributed by atoms with Crippen LogP contribution in [-0.4, -0.2) is 25.3 Å². The summed E-state index contributed by atoms with van der Waals surface area (Å²) in [6.45, 7) is 12.6. The highest BCUT2D eigenvalue weighted by molar-refractivity contribution is 5.07. The molecule has 0 aromatic carbocycles. The zero-order valence-electron chi connectivity index (χ0n) is 10.4. The average molecular weight is 211 g/mol. The van der Waals surface area contributed by atoms with Gasteiger partial charge < -0.3 is 10.1 Å². The summed E-state index contributed by atoms with van der Waals surface area (Å²) in [4.78, 5) is 0. The predicted molar refractivity (Wildman–Crippen MR) is 65.0 cm³/mol. The van der Waals surface area contributed by atoms with Crippen molar-refractivity contribution < 1.29 is 4.74 Å². The van der Waals surface area contributed by atoms with Crippen molar-refractivity contribution in [2.45, 2.75) is 52.2 Å². The zero-order chi connectivity index (χ0) is 11.3. The highest BCUT2D eigenvalue weighted by Gasteiger charge is 2.33. The van der Waals surface area contributed by atoms with E-state index >= 15 is 0 Å². The van der Waals surface area contributed by atoms with Crippen LogP contribution in [0.2, 0.25) is 0 Å². The van der Waals surface area contributed by atoms with E-state index in [2.05, 4.69) is 32.7 Å². The van der Waals surface area contributed by atoms with Gasteiger partial charge in [-0.2, -0.15) is 0 Å². The fraction of sp³-hybridized carbons (Fsp3) is 0.846. The lowest BCUT2D eigenvalue weighted by molar-refractivity contribution is 0.0809. The number of ether oxygens (including phenoxy) is 1. The molecule has 1 aliphatic rings. The lowest BCUT2D eigenvalue weighted by atomic mass is 9.87. The first-order valence-electron chi connectivity index (χ1n) is 6.21. The Labute approximate surface area is 94.1 Å². The van der Waals surface area contributed by atoms with Crippen LogP contribution in [0, 0.1) is 5.92 Å². The van der Waals surface area contributed by atoms with E-state index in [1.807, 2.05) is 0 Å². The molecule has 1 fully saturated rings. The standard InChI is InChI=1S/C13H25NO/c1-5-8-14-13(10(3)4)11-7-9-15-12(11)6-2/h11-14H,3,5-9H2,1-2,4H3. The Morgan fingerprint density at radius 3 is 2.80 bits per heavy atom. The molecule has 0 spiro atoms. The lowest BCUT2D eigenvalue weighted by Gasteiger charge is -2.28. The van der Waals surface area contributed by atoms with Crippen LogP contribution >= 0.6 is 0 Å². The monoisotopic (exact) mass is 211 g/mol. The summed E-state index contributed by atoms with van der Waals surface area (Å²) in [7, 11) is 0. The molecule has 0 aliphatic carbocycles. The molecule has 88 valence electrons. The molecule has 1 N–H and O–H groups in total. The van der Waals surface area contributed by atoms with E-state index in [-0.39, 0.29) is 0 Å². The second-order valence-electron chi connectivity index (χ2n) is 4.55. The van der Waals surface area contributed by atoms with Crippen LogP contribution in [0.15, 0.2) is 12.2 Å². The molecule has 3 atom stereocenters. The molecule has 1 saturated heterocycles. The molecule has 3 unspecified atom stereocenters. The maximum Gasteiger partial charge on any atom is 0.0619 e. The predicted octanol–water partition coefficient (Wildman–Crippen LogP) is 2.75. The maximum atomic E-state index is 5.74. The van der Waals surface area contributed by atoms with Gasteiger partial charge in [0.15, 0.2) is 0 Å². The van der Waals surface area contributed by atoms with Crippen LogP contribution in [0.1, 0.15) is 40.0 Å². The molecule has 2 heteroatoms. The van der Waals surface area contributed by atoms with E-state index in [0.717, 1.165) is 19.6 Å². The average Bonchev–Trinajstić information content (AvgIpc) is 2.66. The molecule has 1 aliphatic heterocycles. The van der Waals surface area contributed by atoms with Crippen molar-refractivity contribution in [1.29, 1.82) is 0 Å². The van der Waals surface area contributed by atoms with Gasteiger partial charge in [-0.05, 0) is 32.7 Å². The Balaban J connectivity index is 2.57. The van der Waals surface area contributed by atoms with E-state index in [1.165, 1.54) is 18.4 Å². The minimum Gasteiger partial charge on any atom is -0.378 e. The van der Waals surface area contributed by atoms with E-state index in [0.29, 0.717) is 18.1 Å². The maximum absolute atomic E-state index is 5.74. The van der Waals surface area contributed by atoms with Gasteiger partial charge in [0, 0.05) is 18.6 Å². The van der Waals surface area contributed by atoms with Crippen LogP contribution in [0.5, 0.6) is 0 Å². The highest BCUT2D eigenvalue weighted by atomic mass is 16.5. The molecule has 0 bridgehead atoms. The van der Waals surface area contributed by atoms with Gasteiger partial charge in [0.25, 0.3) is 0 Å². The summed E-state index contributed by atoms with van der Waals surface area (Å²) in [6.07, 6.45) is 3.89. The summed E-state index contributed by atoms with van der Waals surface area (Å²) < 4.78 is 5.74. The number of rotatable bonds is 6. The van der Waals surface area contributed by atoms with Crippen LogP contribution in [0.25, 0.3) is 0 Å². The van der Waals surface area contributed by atoms with Crippen LogP contribution < -0.4 is 5.32 Å². The first-order chi connectivity index (χ1) is 7.20. The minimum absolute atomic E-state index is 0.427. The van der Waals surface area contributed by atoms with E-state index in [4.69, 9.17) is 4.74 Å². The molecule has 0 radical (unpaired) electrons. The summed E-state index contributed by atoms with van der Waals surface area (Å²) in [5, 5.41) is 3.60. The van der Waals surface area contributed by atoms with Gasteiger partial charge in [-0.1, -0.05) is 26.0 Å². The SMILES string of the molecule is C=C(C)C(NCCC)C1CCOC1CC. The summed E-state index contributed by atoms with van der Waals surface area (Å²) in [5.74, 6) is 0.624. The van der Waals surface area contributed by atoms with Crippen molar-refractivity contribution in [3.05, 3.63) is 12.2 Å². The van der Waals surface area contributed by atoms with Crippen LogP contribution in [0.4, 0.5) is 0 Å². The smallest absolute Gasteiger partial charge is 0.0619 e. The third kappa shape index (κ3) is 3.32. The van der Waals surface area contributed by atoms with Crippen molar-refractivity contribution in [2.24, 2.45) is 5.92 Å². The Bertz CT molecular complexity index is 203. The second kappa shape index (κ2) is 6.29. The summed E-state index contributed by atoms with van der Waals surface area (Å²) >= 11 is 0. The van der Waals surface area contributed by atoms with Gasteiger partial charge in [-0.15, -0.1) is 0 Å². The summed E-state index contributed by atoms with van der Waals surface area (Å²) in [6, 6.07) is 0.442. The first-order valence-corrected chi connectivity index (χ1v) is 6.21. The Morgan fingerprint density at radius 1 is 1.53 bits per heavy atom. The quantitative estimate of drug-likeness (QED) is 0.682. The normalized spacial score (nSPS) is 27.9. The van der Waals surface area contributed by atoms with Gasteiger partial charge in [-0.25, -0.2) is 0 Å². The molecule has 0 aromatic rings. The molecule has 0 saturated carbocycles. The van der Waals surface area contributed by atoms with Crippen molar-refractivity contribution in [3.8, 4) is 0 Å². The topological polar surface area (TPSA) is 21.3 Å². The third-order valence-electron chi connectivity index (χ3n) is 3.24. The number of nitrogens with one attached hydrogen (secondary N) is 1. The highest BCUT2D eigenvalue weighted by Crippen LogP contribution is 2.29. The van der Waals surface area contributed by atoms with Crippen molar-refractivity contribution in [1.82, 2.24) is 5.32 Å². The molecule has 1 rings (SSSR count). The Morgan fingerprint density at radius 2 is 2.27 bits per heavy atom. The minimum atomic E-state index is 0.427. The fourth-order valence-electron chi connectivity index (χ4n) is 2.46. The lowest BCUT2D eigenvalue weighted by Crippen LogP contribution is -2.40. The van der Waals surface area contributed by atoms with Crippen LogP contribution in [0.3, 0.4) is 0 Å². The number of hydrogen-bond donors (Lipinski definition) is 1. The molecular weight excluding hydrogens is 186 g/mol. The third-order valence-corrected chi connectivity index (χ3v) is 3.24. The molecule has 0 aromatic heterocycles.